The fraction of sp³-hybridized carbons (Fsp3) is 0.611. The molecule has 2 fully saturated rings. The minimum absolute atomic E-state index is 0.0985. The molecule has 1 aromatic rings. The van der Waals surface area contributed by atoms with Gasteiger partial charge in [-0.2, -0.15) is 11.8 Å². The second-order valence-corrected chi connectivity index (χ2v) is 7.67. The van der Waals surface area contributed by atoms with Crippen LogP contribution in [0.5, 0.6) is 0 Å². The van der Waals surface area contributed by atoms with E-state index in [4.69, 9.17) is 0 Å². The van der Waals surface area contributed by atoms with E-state index in [0.717, 1.165) is 43.2 Å². The molecule has 1 aromatic carbocycles. The Morgan fingerprint density at radius 3 is 2.82 bits per heavy atom. The lowest BCUT2D eigenvalue weighted by molar-refractivity contribution is -0.127. The number of benzene rings is 1. The van der Waals surface area contributed by atoms with Crippen molar-refractivity contribution in [3.63, 3.8) is 0 Å². The first-order valence-corrected chi connectivity index (χ1v) is 9.44. The first-order valence-electron chi connectivity index (χ1n) is 8.29. The quantitative estimate of drug-likeness (QED) is 0.840. The van der Waals surface area contributed by atoms with Crippen molar-refractivity contribution in [3.05, 3.63) is 35.4 Å². The van der Waals surface area contributed by atoms with Gasteiger partial charge < -0.3 is 10.0 Å². The maximum atomic E-state index is 12.2. The first-order chi connectivity index (χ1) is 10.7. The van der Waals surface area contributed by atoms with Gasteiger partial charge in [0.25, 0.3) is 0 Å². The highest BCUT2D eigenvalue weighted by Crippen LogP contribution is 2.32. The van der Waals surface area contributed by atoms with Gasteiger partial charge in [0.1, 0.15) is 0 Å². The van der Waals surface area contributed by atoms with E-state index in [2.05, 4.69) is 12.1 Å². The summed E-state index contributed by atoms with van der Waals surface area (Å²) in [5.74, 6) is 3.59. The van der Waals surface area contributed by atoms with Crippen molar-refractivity contribution >= 4 is 17.7 Å². The molecule has 1 unspecified atom stereocenters. The third kappa shape index (κ3) is 4.50. The molecule has 120 valence electrons. The smallest absolute Gasteiger partial charge is 0.232 e. The Morgan fingerprint density at radius 2 is 2.05 bits per heavy atom. The molecule has 1 aliphatic heterocycles. The van der Waals surface area contributed by atoms with Crippen molar-refractivity contribution in [3.8, 4) is 0 Å². The Morgan fingerprint density at radius 1 is 1.23 bits per heavy atom. The predicted octanol–water partition coefficient (Wildman–Crippen LogP) is 2.71. The largest absolute Gasteiger partial charge is 0.392 e. The molecule has 0 bridgehead atoms. The maximum Gasteiger partial charge on any atom is 0.232 e. The minimum atomic E-state index is 0.0985. The number of thioether (sulfide) groups is 1. The number of aliphatic hydroxyl groups is 1. The molecule has 3 nitrogen and oxygen atoms in total. The summed E-state index contributed by atoms with van der Waals surface area (Å²) in [6.45, 7) is 1.90. The molecule has 1 aliphatic carbocycles. The van der Waals surface area contributed by atoms with E-state index in [9.17, 15) is 9.90 Å². The van der Waals surface area contributed by atoms with Gasteiger partial charge in [-0.05, 0) is 54.4 Å². The Balaban J connectivity index is 1.43. The molecule has 22 heavy (non-hydrogen) atoms. The zero-order chi connectivity index (χ0) is 15.4. The average molecular weight is 319 g/mol. The van der Waals surface area contributed by atoms with E-state index in [0.29, 0.717) is 17.6 Å². The number of carbonyl (C=O) groups is 1. The number of hydrogen-bond acceptors (Lipinski definition) is 3. The molecular weight excluding hydrogens is 294 g/mol. The summed E-state index contributed by atoms with van der Waals surface area (Å²) in [4.78, 5) is 14.3. The third-order valence-corrected chi connectivity index (χ3v) is 5.77. The number of rotatable bonds is 7. The van der Waals surface area contributed by atoms with Gasteiger partial charge in [-0.15, -0.1) is 0 Å². The van der Waals surface area contributed by atoms with E-state index in [1.807, 2.05) is 28.8 Å². The van der Waals surface area contributed by atoms with Crippen LogP contribution in [0.15, 0.2) is 24.3 Å². The van der Waals surface area contributed by atoms with Crippen molar-refractivity contribution in [2.45, 2.75) is 32.3 Å². The molecule has 0 spiro atoms. The van der Waals surface area contributed by atoms with E-state index in [1.54, 1.807) is 0 Å². The lowest BCUT2D eigenvalue weighted by atomic mass is 9.97. The lowest BCUT2D eigenvalue weighted by Gasteiger charge is -2.16. The highest BCUT2D eigenvalue weighted by molar-refractivity contribution is 7.99. The van der Waals surface area contributed by atoms with Crippen molar-refractivity contribution in [1.29, 1.82) is 0 Å². The zero-order valence-electron chi connectivity index (χ0n) is 13.0. The Bertz CT molecular complexity index is 516. The summed E-state index contributed by atoms with van der Waals surface area (Å²) in [6, 6.07) is 8.16. The number of carbonyl (C=O) groups excluding carboxylic acids is 1. The second kappa shape index (κ2) is 7.51. The fourth-order valence-electron chi connectivity index (χ4n) is 3.10. The SMILES string of the molecule is O=C(CSCC1CC1)N1CCC(Cc2cccc(CO)c2)C1. The average Bonchev–Trinajstić information content (AvgIpc) is 3.24. The van der Waals surface area contributed by atoms with Crippen LogP contribution >= 0.6 is 11.8 Å². The van der Waals surface area contributed by atoms with E-state index < -0.39 is 0 Å². The second-order valence-electron chi connectivity index (χ2n) is 6.64. The topological polar surface area (TPSA) is 40.5 Å². The fourth-order valence-corrected chi connectivity index (χ4v) is 4.24. The molecule has 3 rings (SSSR count). The predicted molar refractivity (Wildman–Crippen MR) is 90.8 cm³/mol. The van der Waals surface area contributed by atoms with Crippen LogP contribution in [0, 0.1) is 11.8 Å². The maximum absolute atomic E-state index is 12.2. The van der Waals surface area contributed by atoms with Gasteiger partial charge in [0, 0.05) is 13.1 Å². The molecule has 2 aliphatic rings. The lowest BCUT2D eigenvalue weighted by Crippen LogP contribution is -2.30. The van der Waals surface area contributed by atoms with Crippen molar-refractivity contribution in [2.75, 3.05) is 24.6 Å². The van der Waals surface area contributed by atoms with E-state index in [-0.39, 0.29) is 6.61 Å². The molecule has 0 radical (unpaired) electrons. The molecular formula is C18H25NO2S. The molecule has 1 N–H and O–H groups in total. The Kier molecular flexibility index (Phi) is 5.42. The van der Waals surface area contributed by atoms with Crippen LogP contribution in [-0.4, -0.2) is 40.5 Å². The summed E-state index contributed by atoms with van der Waals surface area (Å²) in [5.41, 5.74) is 2.24. The normalized spacial score (nSPS) is 21.3. The highest BCUT2D eigenvalue weighted by atomic mass is 32.2. The van der Waals surface area contributed by atoms with Crippen LogP contribution < -0.4 is 0 Å². The molecule has 1 heterocycles. The summed E-state index contributed by atoms with van der Waals surface area (Å²) < 4.78 is 0. The monoisotopic (exact) mass is 319 g/mol. The standard InChI is InChI=1S/C18H25NO2S/c20-11-17-3-1-2-15(9-17)8-16-6-7-19(10-16)18(21)13-22-12-14-4-5-14/h1-3,9,14,16,20H,4-8,10-13H2. The molecule has 4 heteroatoms. The van der Waals surface area contributed by atoms with Crippen LogP contribution in [0.25, 0.3) is 0 Å². The Hall–Kier alpha value is -1.00. The zero-order valence-corrected chi connectivity index (χ0v) is 13.9. The van der Waals surface area contributed by atoms with Crippen LogP contribution in [-0.2, 0) is 17.8 Å². The van der Waals surface area contributed by atoms with Crippen LogP contribution in [0.2, 0.25) is 0 Å². The van der Waals surface area contributed by atoms with Gasteiger partial charge in [-0.1, -0.05) is 24.3 Å². The number of likely N-dealkylation sites (tertiary alicyclic amines) is 1. The molecule has 1 saturated carbocycles. The van der Waals surface area contributed by atoms with Gasteiger partial charge in [0.15, 0.2) is 0 Å². The van der Waals surface area contributed by atoms with Gasteiger partial charge in [-0.25, -0.2) is 0 Å². The summed E-state index contributed by atoms with van der Waals surface area (Å²) in [6.07, 6.45) is 4.83. The number of amides is 1. The number of aliphatic hydroxyl groups excluding tert-OH is 1. The summed E-state index contributed by atoms with van der Waals surface area (Å²) in [5, 5.41) is 9.21. The third-order valence-electron chi connectivity index (χ3n) is 4.61. The first kappa shape index (κ1) is 15.9. The van der Waals surface area contributed by atoms with Gasteiger partial charge in [-0.3, -0.25) is 4.79 Å². The Labute approximate surface area is 137 Å². The molecule has 0 aromatic heterocycles. The highest BCUT2D eigenvalue weighted by Gasteiger charge is 2.27. The van der Waals surface area contributed by atoms with Crippen molar-refractivity contribution in [1.82, 2.24) is 4.90 Å². The van der Waals surface area contributed by atoms with Gasteiger partial charge in [0.2, 0.25) is 5.91 Å². The van der Waals surface area contributed by atoms with Crippen LogP contribution in [0.1, 0.15) is 30.4 Å². The molecule has 1 saturated heterocycles. The summed E-state index contributed by atoms with van der Waals surface area (Å²) >= 11 is 1.81. The van der Waals surface area contributed by atoms with Gasteiger partial charge >= 0.3 is 0 Å². The van der Waals surface area contributed by atoms with Crippen molar-refractivity contribution < 1.29 is 9.90 Å². The number of hydrogen-bond donors (Lipinski definition) is 1. The van der Waals surface area contributed by atoms with Crippen LogP contribution in [0.4, 0.5) is 0 Å². The summed E-state index contributed by atoms with van der Waals surface area (Å²) in [7, 11) is 0. The molecule has 1 atom stereocenters. The van der Waals surface area contributed by atoms with Crippen molar-refractivity contribution in [2.24, 2.45) is 11.8 Å². The van der Waals surface area contributed by atoms with E-state index in [1.165, 1.54) is 18.4 Å². The molecule has 1 amide bonds. The minimum Gasteiger partial charge on any atom is -0.392 e. The van der Waals surface area contributed by atoms with E-state index >= 15 is 0 Å². The van der Waals surface area contributed by atoms with Gasteiger partial charge in [0.05, 0.1) is 12.4 Å². The van der Waals surface area contributed by atoms with Crippen LogP contribution in [0.3, 0.4) is 0 Å². The number of nitrogens with zero attached hydrogens (tertiary/aromatic N) is 1.